The molecule has 0 aliphatic carbocycles. The van der Waals surface area contributed by atoms with E-state index in [2.05, 4.69) is 10.2 Å². The fraction of sp³-hybridized carbons (Fsp3) is 0.385. The molecule has 1 unspecified atom stereocenters. The Balaban J connectivity index is 1.26. The number of carbonyl (C=O) groups is 4. The van der Waals surface area contributed by atoms with Crippen molar-refractivity contribution in [2.75, 3.05) is 13.1 Å². The van der Waals surface area contributed by atoms with Crippen molar-refractivity contribution in [2.45, 2.75) is 50.4 Å². The second-order valence-corrected chi connectivity index (χ2v) is 9.46. The van der Waals surface area contributed by atoms with Gasteiger partial charge >= 0.3 is 6.18 Å². The molecule has 188 valence electrons. The minimum Gasteiger partial charge on any atom is -0.299 e. The minimum absolute atomic E-state index is 0.0540. The average Bonchev–Trinajstić information content (AvgIpc) is 3.09. The van der Waals surface area contributed by atoms with Gasteiger partial charge in [-0.2, -0.15) is 13.2 Å². The molecule has 2 aromatic carbocycles. The Labute approximate surface area is 205 Å². The first kappa shape index (κ1) is 24.2. The van der Waals surface area contributed by atoms with Gasteiger partial charge in [0.15, 0.2) is 0 Å². The Kier molecular flexibility index (Phi) is 6.15. The van der Waals surface area contributed by atoms with Gasteiger partial charge < -0.3 is 0 Å². The van der Waals surface area contributed by atoms with Crippen LogP contribution >= 0.6 is 0 Å². The highest BCUT2D eigenvalue weighted by atomic mass is 19.4. The molecule has 1 N–H and O–H groups in total. The van der Waals surface area contributed by atoms with Crippen LogP contribution in [-0.2, 0) is 22.3 Å². The third kappa shape index (κ3) is 4.41. The van der Waals surface area contributed by atoms with Crippen molar-refractivity contribution >= 4 is 23.6 Å². The molecule has 0 saturated carbocycles. The Morgan fingerprint density at radius 3 is 2.28 bits per heavy atom. The van der Waals surface area contributed by atoms with Crippen LogP contribution in [0.15, 0.2) is 42.5 Å². The molecule has 7 nitrogen and oxygen atoms in total. The number of rotatable bonds is 4. The van der Waals surface area contributed by atoms with E-state index in [0.717, 1.165) is 16.5 Å². The van der Waals surface area contributed by atoms with Crippen LogP contribution in [0, 0.1) is 0 Å². The molecular formula is C26H24F3N3O4. The number of hydrogen-bond acceptors (Lipinski definition) is 5. The van der Waals surface area contributed by atoms with Crippen molar-refractivity contribution in [3.8, 4) is 0 Å². The number of carbonyl (C=O) groups excluding carboxylic acids is 4. The highest BCUT2D eigenvalue weighted by molar-refractivity contribution is 6.23. The molecule has 2 fully saturated rings. The molecule has 3 aliphatic heterocycles. The van der Waals surface area contributed by atoms with Crippen LogP contribution in [0.4, 0.5) is 13.2 Å². The second kappa shape index (κ2) is 9.16. The summed E-state index contributed by atoms with van der Waals surface area (Å²) >= 11 is 0. The summed E-state index contributed by atoms with van der Waals surface area (Å²) in [5.41, 5.74) is 0.993. The topological polar surface area (TPSA) is 86.8 Å². The van der Waals surface area contributed by atoms with Crippen LogP contribution in [0.1, 0.15) is 69.0 Å². The van der Waals surface area contributed by atoms with Gasteiger partial charge in [0, 0.05) is 13.0 Å². The van der Waals surface area contributed by atoms with Gasteiger partial charge in [-0.3, -0.25) is 34.3 Å². The first-order valence-electron chi connectivity index (χ1n) is 11.9. The summed E-state index contributed by atoms with van der Waals surface area (Å²) in [4.78, 5) is 52.6. The van der Waals surface area contributed by atoms with Crippen LogP contribution in [-0.4, -0.2) is 52.6 Å². The minimum atomic E-state index is -4.39. The van der Waals surface area contributed by atoms with Crippen molar-refractivity contribution < 1.29 is 32.3 Å². The summed E-state index contributed by atoms with van der Waals surface area (Å²) in [6.45, 7) is 1.69. The Morgan fingerprint density at radius 1 is 0.889 bits per heavy atom. The van der Waals surface area contributed by atoms with E-state index in [1.165, 1.54) is 6.07 Å². The molecule has 3 aliphatic rings. The van der Waals surface area contributed by atoms with Gasteiger partial charge in [-0.15, -0.1) is 0 Å². The van der Waals surface area contributed by atoms with E-state index >= 15 is 0 Å². The average molecular weight is 499 g/mol. The number of fused-ring (bicyclic) bond motifs is 1. The summed E-state index contributed by atoms with van der Waals surface area (Å²) in [5, 5.41) is 2.17. The quantitative estimate of drug-likeness (QED) is 0.651. The third-order valence-corrected chi connectivity index (χ3v) is 7.20. The molecule has 5 rings (SSSR count). The Hall–Kier alpha value is -3.53. The maximum absolute atomic E-state index is 13.4. The van der Waals surface area contributed by atoms with E-state index < -0.39 is 41.4 Å². The van der Waals surface area contributed by atoms with Crippen LogP contribution in [0.3, 0.4) is 0 Å². The monoisotopic (exact) mass is 499 g/mol. The summed E-state index contributed by atoms with van der Waals surface area (Å²) < 4.78 is 40.3. The molecule has 3 heterocycles. The van der Waals surface area contributed by atoms with E-state index in [9.17, 15) is 32.3 Å². The van der Waals surface area contributed by atoms with E-state index in [4.69, 9.17) is 0 Å². The van der Waals surface area contributed by atoms with Gasteiger partial charge in [-0.1, -0.05) is 24.3 Å². The number of nitrogens with zero attached hydrogens (tertiary/aromatic N) is 2. The number of piperidine rings is 2. The highest BCUT2D eigenvalue weighted by Crippen LogP contribution is 2.39. The first-order valence-corrected chi connectivity index (χ1v) is 11.9. The van der Waals surface area contributed by atoms with Gasteiger partial charge in [0.2, 0.25) is 11.8 Å². The maximum atomic E-state index is 13.4. The summed E-state index contributed by atoms with van der Waals surface area (Å²) in [7, 11) is 0. The summed E-state index contributed by atoms with van der Waals surface area (Å²) in [6.07, 6.45) is -3.07. The van der Waals surface area contributed by atoms with Gasteiger partial charge in [0.1, 0.15) is 6.04 Å². The summed E-state index contributed by atoms with van der Waals surface area (Å²) in [5.74, 6) is -2.38. The molecule has 4 amide bonds. The standard InChI is InChI=1S/C26H24F3N3O4/c27-26(28,29)20-4-2-1-3-17(20)16-9-11-31(12-10-16)14-15-5-6-18-19(13-15)25(36)32(24(18)35)21-7-8-22(33)30-23(21)34/h1-6,13,16,21H,7-12,14H2,(H,30,33,34). The summed E-state index contributed by atoms with van der Waals surface area (Å²) in [6, 6.07) is 9.68. The molecule has 2 aromatic rings. The molecule has 36 heavy (non-hydrogen) atoms. The number of amides is 4. The van der Waals surface area contributed by atoms with E-state index in [0.29, 0.717) is 38.0 Å². The van der Waals surface area contributed by atoms with Crippen molar-refractivity contribution in [2.24, 2.45) is 0 Å². The van der Waals surface area contributed by atoms with Crippen LogP contribution in [0.5, 0.6) is 0 Å². The fourth-order valence-corrected chi connectivity index (χ4v) is 5.39. The lowest BCUT2D eigenvalue weighted by molar-refractivity contribution is -0.139. The SMILES string of the molecule is O=C1CCC(N2C(=O)c3ccc(CN4CCC(c5ccccc5C(F)(F)F)CC4)cc3C2=O)C(=O)N1. The zero-order valence-corrected chi connectivity index (χ0v) is 19.3. The molecule has 10 heteroatoms. The van der Waals surface area contributed by atoms with Crippen molar-refractivity contribution in [1.29, 1.82) is 0 Å². The largest absolute Gasteiger partial charge is 0.416 e. The number of benzene rings is 2. The zero-order valence-electron chi connectivity index (χ0n) is 19.3. The van der Waals surface area contributed by atoms with E-state index in [1.807, 2.05) is 0 Å². The zero-order chi connectivity index (χ0) is 25.6. The molecular weight excluding hydrogens is 475 g/mol. The second-order valence-electron chi connectivity index (χ2n) is 9.46. The number of hydrogen-bond donors (Lipinski definition) is 1. The number of nitrogens with one attached hydrogen (secondary N) is 1. The van der Waals surface area contributed by atoms with Gasteiger partial charge in [-0.25, -0.2) is 0 Å². The smallest absolute Gasteiger partial charge is 0.299 e. The highest BCUT2D eigenvalue weighted by Gasteiger charge is 2.44. The predicted molar refractivity (Wildman–Crippen MR) is 122 cm³/mol. The maximum Gasteiger partial charge on any atom is 0.416 e. The fourth-order valence-electron chi connectivity index (χ4n) is 5.39. The number of imide groups is 2. The van der Waals surface area contributed by atoms with E-state index in [-0.39, 0.29) is 29.9 Å². The van der Waals surface area contributed by atoms with Crippen molar-refractivity contribution in [3.63, 3.8) is 0 Å². The lowest BCUT2D eigenvalue weighted by Crippen LogP contribution is -2.54. The molecule has 1 atom stereocenters. The van der Waals surface area contributed by atoms with E-state index in [1.54, 1.807) is 30.3 Å². The van der Waals surface area contributed by atoms with Crippen molar-refractivity contribution in [1.82, 2.24) is 15.1 Å². The Bertz CT molecular complexity index is 1250. The van der Waals surface area contributed by atoms with Crippen LogP contribution in [0.2, 0.25) is 0 Å². The molecule has 0 bridgehead atoms. The Morgan fingerprint density at radius 2 is 1.58 bits per heavy atom. The van der Waals surface area contributed by atoms with Gasteiger partial charge in [0.25, 0.3) is 11.8 Å². The lowest BCUT2D eigenvalue weighted by atomic mass is 9.86. The number of alkyl halides is 3. The van der Waals surface area contributed by atoms with Crippen molar-refractivity contribution in [3.05, 3.63) is 70.3 Å². The van der Waals surface area contributed by atoms with Crippen LogP contribution < -0.4 is 5.32 Å². The first-order chi connectivity index (χ1) is 17.1. The normalized spacial score (nSPS) is 21.6. The predicted octanol–water partition coefficient (Wildman–Crippen LogP) is 3.49. The molecule has 0 spiro atoms. The number of likely N-dealkylation sites (tertiary alicyclic amines) is 1. The van der Waals surface area contributed by atoms with Gasteiger partial charge in [0.05, 0.1) is 16.7 Å². The van der Waals surface area contributed by atoms with Gasteiger partial charge in [-0.05, 0) is 67.6 Å². The molecule has 0 radical (unpaired) electrons. The molecule has 2 saturated heterocycles. The third-order valence-electron chi connectivity index (χ3n) is 7.20. The van der Waals surface area contributed by atoms with Crippen LogP contribution in [0.25, 0.3) is 0 Å². The lowest BCUT2D eigenvalue weighted by Gasteiger charge is -2.33. The number of halogens is 3. The molecule has 0 aromatic heterocycles.